The minimum atomic E-state index is 0.751. The molecular formula is C17H21N. The standard InChI is InChI=1S/C17H21N/c1-2-9-18-17-11-16(12-17)15-8-7-13-5-3-4-6-14(13)10-15/h3-8,10,16-18H,2,9,11-12H2,1H3. The van der Waals surface area contributed by atoms with Gasteiger partial charge in [0.05, 0.1) is 0 Å². The van der Waals surface area contributed by atoms with Crippen molar-refractivity contribution in [1.82, 2.24) is 5.32 Å². The Hall–Kier alpha value is -1.34. The third kappa shape index (κ3) is 2.28. The average molecular weight is 239 g/mol. The van der Waals surface area contributed by atoms with Gasteiger partial charge in [-0.25, -0.2) is 0 Å². The molecule has 0 unspecified atom stereocenters. The highest BCUT2D eigenvalue weighted by atomic mass is 14.9. The number of fused-ring (bicyclic) bond motifs is 1. The lowest BCUT2D eigenvalue weighted by Gasteiger charge is -2.36. The molecule has 1 heteroatoms. The maximum absolute atomic E-state index is 3.61. The lowest BCUT2D eigenvalue weighted by molar-refractivity contribution is 0.292. The summed E-state index contributed by atoms with van der Waals surface area (Å²) in [6.07, 6.45) is 3.84. The van der Waals surface area contributed by atoms with E-state index in [1.807, 2.05) is 0 Å². The van der Waals surface area contributed by atoms with E-state index >= 15 is 0 Å². The Labute approximate surface area is 109 Å². The summed E-state index contributed by atoms with van der Waals surface area (Å²) in [5.74, 6) is 0.768. The van der Waals surface area contributed by atoms with Gasteiger partial charge in [0.1, 0.15) is 0 Å². The van der Waals surface area contributed by atoms with Crippen molar-refractivity contribution >= 4 is 10.8 Å². The predicted molar refractivity (Wildman–Crippen MR) is 78.0 cm³/mol. The maximum atomic E-state index is 3.61. The van der Waals surface area contributed by atoms with Crippen LogP contribution in [0.3, 0.4) is 0 Å². The SMILES string of the molecule is CCCNC1CC(c2ccc3ccccc3c2)C1. The van der Waals surface area contributed by atoms with Crippen LogP contribution < -0.4 is 5.32 Å². The first-order chi connectivity index (χ1) is 8.86. The van der Waals surface area contributed by atoms with Gasteiger partial charge in [0.15, 0.2) is 0 Å². The van der Waals surface area contributed by atoms with E-state index in [1.54, 1.807) is 0 Å². The van der Waals surface area contributed by atoms with Crippen LogP contribution in [0.15, 0.2) is 42.5 Å². The van der Waals surface area contributed by atoms with Crippen LogP contribution in [0.1, 0.15) is 37.7 Å². The van der Waals surface area contributed by atoms with Crippen molar-refractivity contribution < 1.29 is 0 Å². The molecule has 1 saturated carbocycles. The second-order valence-electron chi connectivity index (χ2n) is 5.43. The van der Waals surface area contributed by atoms with Gasteiger partial charge in [-0.15, -0.1) is 0 Å². The van der Waals surface area contributed by atoms with Gasteiger partial charge in [-0.2, -0.15) is 0 Å². The molecule has 0 saturated heterocycles. The molecular weight excluding hydrogens is 218 g/mol. The van der Waals surface area contributed by atoms with Crippen LogP contribution in [0.2, 0.25) is 0 Å². The molecule has 1 N–H and O–H groups in total. The summed E-state index contributed by atoms with van der Waals surface area (Å²) in [6, 6.07) is 16.3. The van der Waals surface area contributed by atoms with Gasteiger partial charge in [0.25, 0.3) is 0 Å². The third-order valence-corrected chi connectivity index (χ3v) is 4.07. The quantitative estimate of drug-likeness (QED) is 0.847. The normalized spacial score (nSPS) is 22.9. The fourth-order valence-corrected chi connectivity index (χ4v) is 2.87. The highest BCUT2D eigenvalue weighted by Crippen LogP contribution is 2.37. The van der Waals surface area contributed by atoms with Crippen molar-refractivity contribution in [2.75, 3.05) is 6.54 Å². The van der Waals surface area contributed by atoms with E-state index in [-0.39, 0.29) is 0 Å². The highest BCUT2D eigenvalue weighted by molar-refractivity contribution is 5.83. The summed E-state index contributed by atoms with van der Waals surface area (Å²) in [7, 11) is 0. The van der Waals surface area contributed by atoms with Crippen molar-refractivity contribution in [3.05, 3.63) is 48.0 Å². The van der Waals surface area contributed by atoms with Gasteiger partial charge in [-0.1, -0.05) is 49.4 Å². The Bertz CT molecular complexity index is 526. The van der Waals surface area contributed by atoms with E-state index in [4.69, 9.17) is 0 Å². The van der Waals surface area contributed by atoms with Crippen LogP contribution in [-0.2, 0) is 0 Å². The van der Waals surface area contributed by atoms with E-state index in [0.717, 1.165) is 18.5 Å². The Morgan fingerprint density at radius 2 is 1.83 bits per heavy atom. The van der Waals surface area contributed by atoms with E-state index in [9.17, 15) is 0 Å². The van der Waals surface area contributed by atoms with Crippen molar-refractivity contribution in [2.24, 2.45) is 0 Å². The Morgan fingerprint density at radius 3 is 2.61 bits per heavy atom. The average Bonchev–Trinajstić information content (AvgIpc) is 2.37. The van der Waals surface area contributed by atoms with E-state index in [0.29, 0.717) is 0 Å². The van der Waals surface area contributed by atoms with Gasteiger partial charge >= 0.3 is 0 Å². The molecule has 1 nitrogen and oxygen atoms in total. The van der Waals surface area contributed by atoms with E-state index in [1.165, 1.54) is 35.6 Å². The molecule has 3 rings (SSSR count). The molecule has 94 valence electrons. The van der Waals surface area contributed by atoms with Crippen LogP contribution in [0.5, 0.6) is 0 Å². The van der Waals surface area contributed by atoms with Crippen LogP contribution >= 0.6 is 0 Å². The minimum Gasteiger partial charge on any atom is -0.314 e. The van der Waals surface area contributed by atoms with Crippen molar-refractivity contribution in [1.29, 1.82) is 0 Å². The molecule has 18 heavy (non-hydrogen) atoms. The number of benzene rings is 2. The molecule has 0 radical (unpaired) electrons. The third-order valence-electron chi connectivity index (χ3n) is 4.07. The minimum absolute atomic E-state index is 0.751. The number of hydrogen-bond donors (Lipinski definition) is 1. The highest BCUT2D eigenvalue weighted by Gasteiger charge is 2.29. The molecule has 0 bridgehead atoms. The van der Waals surface area contributed by atoms with Crippen LogP contribution in [-0.4, -0.2) is 12.6 Å². The zero-order valence-electron chi connectivity index (χ0n) is 11.0. The summed E-state index contributed by atoms with van der Waals surface area (Å²) >= 11 is 0. The summed E-state index contributed by atoms with van der Waals surface area (Å²) in [4.78, 5) is 0. The molecule has 1 fully saturated rings. The second kappa shape index (κ2) is 5.11. The lowest BCUT2D eigenvalue weighted by Crippen LogP contribution is -2.40. The van der Waals surface area contributed by atoms with Crippen LogP contribution in [0, 0.1) is 0 Å². The predicted octanol–water partition coefficient (Wildman–Crippen LogP) is 4.09. The Balaban J connectivity index is 1.69. The molecule has 0 aromatic heterocycles. The molecule has 0 atom stereocenters. The second-order valence-corrected chi connectivity index (χ2v) is 5.43. The van der Waals surface area contributed by atoms with E-state index < -0.39 is 0 Å². The zero-order valence-corrected chi connectivity index (χ0v) is 11.0. The lowest BCUT2D eigenvalue weighted by atomic mass is 9.75. The molecule has 1 aliphatic rings. The summed E-state index contributed by atoms with van der Waals surface area (Å²) in [5, 5.41) is 6.33. The molecule has 0 heterocycles. The smallest absolute Gasteiger partial charge is 0.00787 e. The van der Waals surface area contributed by atoms with Gasteiger partial charge in [0, 0.05) is 6.04 Å². The molecule has 2 aromatic rings. The van der Waals surface area contributed by atoms with Gasteiger partial charge in [-0.3, -0.25) is 0 Å². The van der Waals surface area contributed by atoms with Gasteiger partial charge in [-0.05, 0) is 48.1 Å². The molecule has 0 spiro atoms. The fourth-order valence-electron chi connectivity index (χ4n) is 2.87. The largest absolute Gasteiger partial charge is 0.314 e. The first-order valence-electron chi connectivity index (χ1n) is 7.09. The molecule has 0 aliphatic heterocycles. The zero-order chi connectivity index (χ0) is 12.4. The Morgan fingerprint density at radius 1 is 1.06 bits per heavy atom. The Kier molecular flexibility index (Phi) is 3.33. The van der Waals surface area contributed by atoms with Crippen molar-refractivity contribution in [3.8, 4) is 0 Å². The first-order valence-corrected chi connectivity index (χ1v) is 7.09. The van der Waals surface area contributed by atoms with Crippen molar-refractivity contribution in [3.63, 3.8) is 0 Å². The first kappa shape index (κ1) is 11.7. The number of rotatable bonds is 4. The molecule has 0 amide bonds. The topological polar surface area (TPSA) is 12.0 Å². The number of nitrogens with one attached hydrogen (secondary N) is 1. The number of hydrogen-bond acceptors (Lipinski definition) is 1. The summed E-state index contributed by atoms with van der Waals surface area (Å²) in [5.41, 5.74) is 1.52. The van der Waals surface area contributed by atoms with Gasteiger partial charge in [0.2, 0.25) is 0 Å². The van der Waals surface area contributed by atoms with Crippen LogP contribution in [0.4, 0.5) is 0 Å². The monoisotopic (exact) mass is 239 g/mol. The summed E-state index contributed by atoms with van der Waals surface area (Å²) < 4.78 is 0. The van der Waals surface area contributed by atoms with Crippen LogP contribution in [0.25, 0.3) is 10.8 Å². The molecule has 1 aliphatic carbocycles. The summed E-state index contributed by atoms with van der Waals surface area (Å²) in [6.45, 7) is 3.39. The maximum Gasteiger partial charge on any atom is 0.00787 e. The van der Waals surface area contributed by atoms with Gasteiger partial charge < -0.3 is 5.32 Å². The fraction of sp³-hybridized carbons (Fsp3) is 0.412. The van der Waals surface area contributed by atoms with E-state index in [2.05, 4.69) is 54.7 Å². The molecule has 2 aromatic carbocycles. The van der Waals surface area contributed by atoms with Crippen molar-refractivity contribution in [2.45, 2.75) is 38.1 Å².